The smallest absolute Gasteiger partial charge is 0.244 e. The Morgan fingerprint density at radius 1 is 1.15 bits per heavy atom. The quantitative estimate of drug-likeness (QED) is 0.846. The summed E-state index contributed by atoms with van der Waals surface area (Å²) in [7, 11) is 1.62. The van der Waals surface area contributed by atoms with E-state index in [1.165, 1.54) is 6.08 Å². The van der Waals surface area contributed by atoms with Crippen molar-refractivity contribution in [3.8, 4) is 5.75 Å². The van der Waals surface area contributed by atoms with Crippen molar-refractivity contribution in [2.45, 2.75) is 6.54 Å². The van der Waals surface area contributed by atoms with Gasteiger partial charge < -0.3 is 10.1 Å². The van der Waals surface area contributed by atoms with Crippen LogP contribution >= 0.6 is 0 Å². The maximum absolute atomic E-state index is 11.7. The summed E-state index contributed by atoms with van der Waals surface area (Å²) >= 11 is 0. The van der Waals surface area contributed by atoms with Crippen LogP contribution in [-0.2, 0) is 11.3 Å². The number of rotatable bonds is 5. The fraction of sp³-hybridized carbons (Fsp3) is 0.118. The average Bonchev–Trinajstić information content (AvgIpc) is 2.52. The molecule has 2 aromatic rings. The Morgan fingerprint density at radius 2 is 1.95 bits per heavy atom. The summed E-state index contributed by atoms with van der Waals surface area (Å²) in [6.07, 6.45) is 3.29. The molecule has 20 heavy (non-hydrogen) atoms. The standard InChI is InChI=1S/C17H17NO2/c1-20-16-9-5-8-14(12-16)10-11-17(19)18-13-15-6-3-2-4-7-15/h2-12H,13H2,1H3,(H,18,19)/b11-10+. The van der Waals surface area contributed by atoms with Gasteiger partial charge in [-0.15, -0.1) is 0 Å². The molecule has 0 fully saturated rings. The molecule has 0 heterocycles. The molecule has 0 bridgehead atoms. The van der Waals surface area contributed by atoms with Crippen molar-refractivity contribution in [3.05, 3.63) is 71.8 Å². The molecule has 1 N–H and O–H groups in total. The summed E-state index contributed by atoms with van der Waals surface area (Å²) in [6, 6.07) is 17.4. The van der Waals surface area contributed by atoms with E-state index in [-0.39, 0.29) is 5.91 Å². The fourth-order valence-electron chi connectivity index (χ4n) is 1.76. The topological polar surface area (TPSA) is 38.3 Å². The molecule has 3 nitrogen and oxygen atoms in total. The van der Waals surface area contributed by atoms with Gasteiger partial charge >= 0.3 is 0 Å². The maximum Gasteiger partial charge on any atom is 0.244 e. The van der Waals surface area contributed by atoms with Crippen LogP contribution in [0.5, 0.6) is 5.75 Å². The van der Waals surface area contributed by atoms with Gasteiger partial charge in [0.05, 0.1) is 7.11 Å². The van der Waals surface area contributed by atoms with Crippen LogP contribution in [0.3, 0.4) is 0 Å². The van der Waals surface area contributed by atoms with Crippen LogP contribution in [0.2, 0.25) is 0 Å². The van der Waals surface area contributed by atoms with Crippen molar-refractivity contribution >= 4 is 12.0 Å². The molecule has 102 valence electrons. The Balaban J connectivity index is 1.89. The van der Waals surface area contributed by atoms with Crippen LogP contribution in [0, 0.1) is 0 Å². The third-order valence-corrected chi connectivity index (χ3v) is 2.83. The molecule has 0 aromatic heterocycles. The van der Waals surface area contributed by atoms with Gasteiger partial charge in [-0.3, -0.25) is 4.79 Å². The molecule has 0 aliphatic rings. The number of carbonyl (C=O) groups excluding carboxylic acids is 1. The van der Waals surface area contributed by atoms with Crippen molar-refractivity contribution in [3.63, 3.8) is 0 Å². The number of carbonyl (C=O) groups is 1. The van der Waals surface area contributed by atoms with E-state index in [4.69, 9.17) is 4.74 Å². The van der Waals surface area contributed by atoms with Crippen molar-refractivity contribution in [2.75, 3.05) is 7.11 Å². The predicted octanol–water partition coefficient (Wildman–Crippen LogP) is 3.02. The third-order valence-electron chi connectivity index (χ3n) is 2.83. The number of hydrogen-bond acceptors (Lipinski definition) is 2. The summed E-state index contributed by atoms with van der Waals surface area (Å²) in [6.45, 7) is 0.530. The number of methoxy groups -OCH3 is 1. The van der Waals surface area contributed by atoms with Crippen LogP contribution in [0.25, 0.3) is 6.08 Å². The van der Waals surface area contributed by atoms with Gasteiger partial charge in [-0.05, 0) is 29.3 Å². The minimum atomic E-state index is -0.114. The Morgan fingerprint density at radius 3 is 2.70 bits per heavy atom. The van der Waals surface area contributed by atoms with Gasteiger partial charge in [0.1, 0.15) is 5.75 Å². The maximum atomic E-state index is 11.7. The summed E-state index contributed by atoms with van der Waals surface area (Å²) in [5.74, 6) is 0.661. The average molecular weight is 267 g/mol. The lowest BCUT2D eigenvalue weighted by Gasteiger charge is -2.02. The van der Waals surface area contributed by atoms with E-state index in [9.17, 15) is 4.79 Å². The van der Waals surface area contributed by atoms with E-state index in [1.54, 1.807) is 13.2 Å². The third kappa shape index (κ3) is 4.28. The number of benzene rings is 2. The zero-order chi connectivity index (χ0) is 14.2. The number of hydrogen-bond donors (Lipinski definition) is 1. The normalized spacial score (nSPS) is 10.4. The van der Waals surface area contributed by atoms with E-state index in [0.717, 1.165) is 16.9 Å². The second-order valence-corrected chi connectivity index (χ2v) is 4.31. The number of nitrogens with one attached hydrogen (secondary N) is 1. The molecule has 0 radical (unpaired) electrons. The van der Waals surface area contributed by atoms with Gasteiger partial charge in [0.2, 0.25) is 5.91 Å². The minimum Gasteiger partial charge on any atom is -0.497 e. The lowest BCUT2D eigenvalue weighted by atomic mass is 10.2. The molecule has 0 atom stereocenters. The van der Waals surface area contributed by atoms with Gasteiger partial charge in [-0.1, -0.05) is 42.5 Å². The largest absolute Gasteiger partial charge is 0.497 e. The SMILES string of the molecule is COc1cccc(/C=C/C(=O)NCc2ccccc2)c1. The first-order chi connectivity index (χ1) is 9.78. The van der Waals surface area contributed by atoms with Crippen LogP contribution < -0.4 is 10.1 Å². The van der Waals surface area contributed by atoms with Crippen molar-refractivity contribution in [2.24, 2.45) is 0 Å². The first-order valence-corrected chi connectivity index (χ1v) is 6.42. The molecule has 0 spiro atoms. The molecule has 3 heteroatoms. The molecular weight excluding hydrogens is 250 g/mol. The summed E-state index contributed by atoms with van der Waals surface area (Å²) in [5.41, 5.74) is 2.01. The summed E-state index contributed by atoms with van der Waals surface area (Å²) in [4.78, 5) is 11.7. The molecule has 2 rings (SSSR count). The lowest BCUT2D eigenvalue weighted by Crippen LogP contribution is -2.20. The molecule has 2 aromatic carbocycles. The second kappa shape index (κ2) is 7.14. The number of amides is 1. The van der Waals surface area contributed by atoms with Gasteiger partial charge in [0.25, 0.3) is 0 Å². The van der Waals surface area contributed by atoms with Gasteiger partial charge in [0, 0.05) is 12.6 Å². The Kier molecular flexibility index (Phi) is 4.95. The van der Waals surface area contributed by atoms with Crippen molar-refractivity contribution < 1.29 is 9.53 Å². The number of ether oxygens (including phenoxy) is 1. The highest BCUT2D eigenvalue weighted by Crippen LogP contribution is 2.13. The Labute approximate surface area is 118 Å². The molecule has 0 aliphatic carbocycles. The fourth-order valence-corrected chi connectivity index (χ4v) is 1.76. The van der Waals surface area contributed by atoms with Crippen LogP contribution in [0.15, 0.2) is 60.7 Å². The molecule has 0 aliphatic heterocycles. The van der Waals surface area contributed by atoms with Gasteiger partial charge in [-0.2, -0.15) is 0 Å². The molecule has 0 saturated heterocycles. The van der Waals surface area contributed by atoms with Gasteiger partial charge in [0.15, 0.2) is 0 Å². The van der Waals surface area contributed by atoms with E-state index >= 15 is 0 Å². The van der Waals surface area contributed by atoms with Crippen LogP contribution in [0.4, 0.5) is 0 Å². The highest BCUT2D eigenvalue weighted by atomic mass is 16.5. The highest BCUT2D eigenvalue weighted by Gasteiger charge is 1.97. The highest BCUT2D eigenvalue weighted by molar-refractivity contribution is 5.91. The molecular formula is C17H17NO2. The monoisotopic (exact) mass is 267 g/mol. The second-order valence-electron chi connectivity index (χ2n) is 4.31. The van der Waals surface area contributed by atoms with E-state index in [1.807, 2.05) is 54.6 Å². The first-order valence-electron chi connectivity index (χ1n) is 6.42. The van der Waals surface area contributed by atoms with E-state index in [2.05, 4.69) is 5.32 Å². The Bertz CT molecular complexity index is 591. The van der Waals surface area contributed by atoms with Gasteiger partial charge in [-0.25, -0.2) is 0 Å². The summed E-state index contributed by atoms with van der Waals surface area (Å²) < 4.78 is 5.13. The zero-order valence-corrected chi connectivity index (χ0v) is 11.4. The van der Waals surface area contributed by atoms with Crippen molar-refractivity contribution in [1.82, 2.24) is 5.32 Å². The lowest BCUT2D eigenvalue weighted by molar-refractivity contribution is -0.116. The van der Waals surface area contributed by atoms with Crippen LogP contribution in [-0.4, -0.2) is 13.0 Å². The Hall–Kier alpha value is -2.55. The minimum absolute atomic E-state index is 0.114. The molecule has 0 saturated carbocycles. The predicted molar refractivity (Wildman–Crippen MR) is 80.3 cm³/mol. The summed E-state index contributed by atoms with van der Waals surface area (Å²) in [5, 5.41) is 2.84. The van der Waals surface area contributed by atoms with Crippen LogP contribution in [0.1, 0.15) is 11.1 Å². The molecule has 1 amide bonds. The zero-order valence-electron chi connectivity index (χ0n) is 11.4. The van der Waals surface area contributed by atoms with E-state index < -0.39 is 0 Å². The van der Waals surface area contributed by atoms with Crippen molar-refractivity contribution in [1.29, 1.82) is 0 Å². The molecule has 0 unspecified atom stereocenters. The van der Waals surface area contributed by atoms with E-state index in [0.29, 0.717) is 6.54 Å². The first kappa shape index (κ1) is 13.9.